The molecule has 2 aromatic rings. The third-order valence-electron chi connectivity index (χ3n) is 2.83. The quantitative estimate of drug-likeness (QED) is 0.941. The van der Waals surface area contributed by atoms with Crippen molar-refractivity contribution in [3.05, 3.63) is 52.3 Å². The van der Waals surface area contributed by atoms with E-state index in [0.29, 0.717) is 5.56 Å². The van der Waals surface area contributed by atoms with Gasteiger partial charge < -0.3 is 5.32 Å². The SMILES string of the molecule is Cn1ncc(F)c1CC(=O)NCc1ccc(F)cc1Cl. The molecule has 1 aromatic carbocycles. The third-order valence-corrected chi connectivity index (χ3v) is 3.18. The molecule has 1 aromatic heterocycles. The van der Waals surface area contributed by atoms with Crippen molar-refractivity contribution in [1.82, 2.24) is 15.1 Å². The largest absolute Gasteiger partial charge is 0.352 e. The minimum Gasteiger partial charge on any atom is -0.352 e. The van der Waals surface area contributed by atoms with Crippen molar-refractivity contribution >= 4 is 17.5 Å². The Morgan fingerprint density at radius 1 is 1.45 bits per heavy atom. The molecular formula is C13H12ClF2N3O. The fourth-order valence-corrected chi connectivity index (χ4v) is 1.94. The number of hydrogen-bond donors (Lipinski definition) is 1. The second kappa shape index (κ2) is 6.00. The summed E-state index contributed by atoms with van der Waals surface area (Å²) in [6.07, 6.45) is 0.931. The van der Waals surface area contributed by atoms with Crippen LogP contribution in [0.25, 0.3) is 0 Å². The lowest BCUT2D eigenvalue weighted by molar-refractivity contribution is -0.120. The van der Waals surface area contributed by atoms with E-state index in [4.69, 9.17) is 11.6 Å². The Kier molecular flexibility index (Phi) is 4.34. The summed E-state index contributed by atoms with van der Waals surface area (Å²) in [5, 5.41) is 6.54. The molecule has 0 aliphatic rings. The van der Waals surface area contributed by atoms with Gasteiger partial charge in [-0.05, 0) is 17.7 Å². The zero-order valence-electron chi connectivity index (χ0n) is 10.7. The Labute approximate surface area is 119 Å². The van der Waals surface area contributed by atoms with Crippen molar-refractivity contribution in [3.63, 3.8) is 0 Å². The summed E-state index contributed by atoms with van der Waals surface area (Å²) in [7, 11) is 1.56. The summed E-state index contributed by atoms with van der Waals surface area (Å²) in [6.45, 7) is 0.150. The van der Waals surface area contributed by atoms with Crippen LogP contribution in [0.5, 0.6) is 0 Å². The fraction of sp³-hybridized carbons (Fsp3) is 0.231. The van der Waals surface area contributed by atoms with Gasteiger partial charge in [0.25, 0.3) is 0 Å². The maximum atomic E-state index is 13.3. The number of rotatable bonds is 4. The maximum Gasteiger partial charge on any atom is 0.226 e. The first kappa shape index (κ1) is 14.5. The Bertz CT molecular complexity index is 623. The van der Waals surface area contributed by atoms with Crippen LogP contribution in [0, 0.1) is 11.6 Å². The lowest BCUT2D eigenvalue weighted by Gasteiger charge is -2.07. The fourth-order valence-electron chi connectivity index (χ4n) is 1.71. The first-order valence-corrected chi connectivity index (χ1v) is 6.22. The van der Waals surface area contributed by atoms with Crippen LogP contribution in [0.3, 0.4) is 0 Å². The molecule has 0 aliphatic heterocycles. The van der Waals surface area contributed by atoms with E-state index in [2.05, 4.69) is 10.4 Å². The third kappa shape index (κ3) is 3.33. The van der Waals surface area contributed by atoms with E-state index < -0.39 is 11.6 Å². The Hall–Kier alpha value is -1.95. The van der Waals surface area contributed by atoms with E-state index in [1.54, 1.807) is 7.05 Å². The van der Waals surface area contributed by atoms with Gasteiger partial charge in [-0.3, -0.25) is 9.48 Å². The Morgan fingerprint density at radius 3 is 2.80 bits per heavy atom. The molecule has 0 saturated heterocycles. The molecule has 0 saturated carbocycles. The number of benzene rings is 1. The van der Waals surface area contributed by atoms with Crippen molar-refractivity contribution in [2.45, 2.75) is 13.0 Å². The predicted octanol–water partition coefficient (Wildman–Crippen LogP) is 2.21. The van der Waals surface area contributed by atoms with Crippen molar-refractivity contribution < 1.29 is 13.6 Å². The van der Waals surface area contributed by atoms with Crippen molar-refractivity contribution in [1.29, 1.82) is 0 Å². The molecular weight excluding hydrogens is 288 g/mol. The highest BCUT2D eigenvalue weighted by atomic mass is 35.5. The van der Waals surface area contributed by atoms with Gasteiger partial charge in [-0.1, -0.05) is 17.7 Å². The average Bonchev–Trinajstić information content (AvgIpc) is 2.69. The van der Waals surface area contributed by atoms with Crippen LogP contribution >= 0.6 is 11.6 Å². The summed E-state index contributed by atoms with van der Waals surface area (Å²) < 4.78 is 27.5. The standard InChI is InChI=1S/C13H12ClF2N3O/c1-19-12(11(16)7-18-19)5-13(20)17-6-8-2-3-9(15)4-10(8)14/h2-4,7H,5-6H2,1H3,(H,17,20). The average molecular weight is 300 g/mol. The lowest BCUT2D eigenvalue weighted by atomic mass is 10.2. The van der Waals surface area contributed by atoms with Gasteiger partial charge in [0.15, 0.2) is 5.82 Å². The van der Waals surface area contributed by atoms with E-state index in [0.717, 1.165) is 6.20 Å². The molecule has 0 radical (unpaired) electrons. The number of nitrogens with one attached hydrogen (secondary N) is 1. The van der Waals surface area contributed by atoms with Gasteiger partial charge in [0.2, 0.25) is 5.91 Å². The molecule has 0 aliphatic carbocycles. The van der Waals surface area contributed by atoms with E-state index in [1.165, 1.54) is 22.9 Å². The topological polar surface area (TPSA) is 46.9 Å². The highest BCUT2D eigenvalue weighted by Gasteiger charge is 2.13. The number of carbonyl (C=O) groups excluding carboxylic acids is 1. The summed E-state index contributed by atoms with van der Waals surface area (Å²) in [5.41, 5.74) is 0.791. The van der Waals surface area contributed by atoms with E-state index >= 15 is 0 Å². The van der Waals surface area contributed by atoms with Crippen molar-refractivity contribution in [2.75, 3.05) is 0 Å². The van der Waals surface area contributed by atoms with Gasteiger partial charge in [0.05, 0.1) is 18.3 Å². The molecule has 1 N–H and O–H groups in total. The number of halogens is 3. The van der Waals surface area contributed by atoms with E-state index in [-0.39, 0.29) is 29.6 Å². The molecule has 0 atom stereocenters. The minimum atomic E-state index is -0.525. The zero-order valence-corrected chi connectivity index (χ0v) is 11.4. The van der Waals surface area contributed by atoms with E-state index in [1.807, 2.05) is 0 Å². The molecule has 1 amide bonds. The molecule has 1 heterocycles. The summed E-state index contributed by atoms with van der Waals surface area (Å²) in [5.74, 6) is -1.34. The molecule has 7 heteroatoms. The maximum absolute atomic E-state index is 13.3. The highest BCUT2D eigenvalue weighted by Crippen LogP contribution is 2.17. The molecule has 0 spiro atoms. The van der Waals surface area contributed by atoms with Gasteiger partial charge in [-0.2, -0.15) is 5.10 Å². The number of hydrogen-bond acceptors (Lipinski definition) is 2. The smallest absolute Gasteiger partial charge is 0.226 e. The van der Waals surface area contributed by atoms with Crippen LogP contribution in [-0.2, 0) is 24.8 Å². The Morgan fingerprint density at radius 2 is 2.20 bits per heavy atom. The predicted molar refractivity (Wildman–Crippen MR) is 70.1 cm³/mol. The number of amides is 1. The second-order valence-corrected chi connectivity index (χ2v) is 4.66. The first-order valence-electron chi connectivity index (χ1n) is 5.84. The van der Waals surface area contributed by atoms with Gasteiger partial charge >= 0.3 is 0 Å². The number of carbonyl (C=O) groups is 1. The van der Waals surface area contributed by atoms with Crippen LogP contribution in [0.2, 0.25) is 5.02 Å². The summed E-state index contributed by atoms with van der Waals surface area (Å²) >= 11 is 5.84. The van der Waals surface area contributed by atoms with Crippen molar-refractivity contribution in [3.8, 4) is 0 Å². The second-order valence-electron chi connectivity index (χ2n) is 4.25. The van der Waals surface area contributed by atoms with Crippen LogP contribution in [-0.4, -0.2) is 15.7 Å². The van der Waals surface area contributed by atoms with Gasteiger partial charge in [0.1, 0.15) is 5.82 Å². The Balaban J connectivity index is 1.96. The molecule has 0 unspecified atom stereocenters. The van der Waals surface area contributed by atoms with Gasteiger partial charge in [0, 0.05) is 18.6 Å². The zero-order chi connectivity index (χ0) is 14.7. The van der Waals surface area contributed by atoms with E-state index in [9.17, 15) is 13.6 Å². The summed E-state index contributed by atoms with van der Waals surface area (Å²) in [4.78, 5) is 11.7. The number of nitrogens with zero attached hydrogens (tertiary/aromatic N) is 2. The number of aromatic nitrogens is 2. The molecule has 2 rings (SSSR count). The van der Waals surface area contributed by atoms with Crippen LogP contribution in [0.4, 0.5) is 8.78 Å². The lowest BCUT2D eigenvalue weighted by Crippen LogP contribution is -2.26. The van der Waals surface area contributed by atoms with Crippen molar-refractivity contribution in [2.24, 2.45) is 7.05 Å². The van der Waals surface area contributed by atoms with Crippen LogP contribution in [0.15, 0.2) is 24.4 Å². The minimum absolute atomic E-state index is 0.124. The highest BCUT2D eigenvalue weighted by molar-refractivity contribution is 6.31. The van der Waals surface area contributed by atoms with Crippen LogP contribution in [0.1, 0.15) is 11.3 Å². The molecule has 106 valence electrons. The summed E-state index contributed by atoms with van der Waals surface area (Å²) in [6, 6.07) is 3.92. The van der Waals surface area contributed by atoms with Gasteiger partial charge in [-0.15, -0.1) is 0 Å². The normalized spacial score (nSPS) is 10.6. The molecule has 20 heavy (non-hydrogen) atoms. The molecule has 0 fully saturated rings. The van der Waals surface area contributed by atoms with Crippen LogP contribution < -0.4 is 5.32 Å². The molecule has 4 nitrogen and oxygen atoms in total. The number of aryl methyl sites for hydroxylation is 1. The monoisotopic (exact) mass is 299 g/mol. The first-order chi connectivity index (χ1) is 9.47. The molecule has 0 bridgehead atoms. The van der Waals surface area contributed by atoms with Gasteiger partial charge in [-0.25, -0.2) is 8.78 Å².